The van der Waals surface area contributed by atoms with Gasteiger partial charge in [-0.2, -0.15) is 5.26 Å². The molecule has 2 heterocycles. The SMILES string of the molecule is [2H]c1c([2H])c([2H])c(C([2H])([2H])n2c(=O)cc(N3CCC[C@@H](N)C3)n(C)c2=O)c(C#N)c1[2H]. The van der Waals surface area contributed by atoms with Crippen molar-refractivity contribution < 1.29 is 8.22 Å². The van der Waals surface area contributed by atoms with Crippen molar-refractivity contribution in [2.24, 2.45) is 12.8 Å². The summed E-state index contributed by atoms with van der Waals surface area (Å²) in [4.78, 5) is 27.7. The number of hydrogen-bond acceptors (Lipinski definition) is 5. The fourth-order valence-electron chi connectivity index (χ4n) is 2.83. The molecule has 0 amide bonds. The highest BCUT2D eigenvalue weighted by Gasteiger charge is 2.21. The van der Waals surface area contributed by atoms with Gasteiger partial charge >= 0.3 is 5.69 Å². The first-order valence-corrected chi connectivity index (χ1v) is 7.78. The molecule has 7 nitrogen and oxygen atoms in total. The second kappa shape index (κ2) is 6.95. The molecule has 1 fully saturated rings. The van der Waals surface area contributed by atoms with Crippen LogP contribution in [0.3, 0.4) is 0 Å². The highest BCUT2D eigenvalue weighted by Crippen LogP contribution is 2.16. The predicted molar refractivity (Wildman–Crippen MR) is 95.6 cm³/mol. The molecule has 0 bridgehead atoms. The van der Waals surface area contributed by atoms with E-state index >= 15 is 0 Å². The van der Waals surface area contributed by atoms with Crippen LogP contribution >= 0.6 is 0 Å². The van der Waals surface area contributed by atoms with Crippen LogP contribution in [-0.4, -0.2) is 28.3 Å². The van der Waals surface area contributed by atoms with Crippen molar-refractivity contribution in [2.75, 3.05) is 18.0 Å². The van der Waals surface area contributed by atoms with Gasteiger partial charge in [0.25, 0.3) is 5.56 Å². The van der Waals surface area contributed by atoms with Crippen molar-refractivity contribution >= 4 is 5.82 Å². The maximum absolute atomic E-state index is 13.1. The summed E-state index contributed by atoms with van der Waals surface area (Å²) < 4.78 is 49.8. The van der Waals surface area contributed by atoms with Crippen LogP contribution in [0.2, 0.25) is 0 Å². The summed E-state index contributed by atoms with van der Waals surface area (Å²) in [6.07, 6.45) is 1.58. The van der Waals surface area contributed by atoms with E-state index in [1.807, 2.05) is 0 Å². The molecule has 0 saturated carbocycles. The van der Waals surface area contributed by atoms with Crippen molar-refractivity contribution in [1.82, 2.24) is 9.13 Å². The Kier molecular flexibility index (Phi) is 3.03. The van der Waals surface area contributed by atoms with E-state index in [4.69, 9.17) is 14.0 Å². The lowest BCUT2D eigenvalue weighted by Gasteiger charge is -2.33. The van der Waals surface area contributed by atoms with E-state index in [9.17, 15) is 14.9 Å². The third-order valence-electron chi connectivity index (χ3n) is 4.10. The Morgan fingerprint density at radius 3 is 2.92 bits per heavy atom. The first-order valence-electron chi connectivity index (χ1n) is 10.8. The molecule has 1 aliphatic heterocycles. The van der Waals surface area contributed by atoms with E-state index in [1.165, 1.54) is 7.05 Å². The minimum atomic E-state index is -3.01. The van der Waals surface area contributed by atoms with Gasteiger partial charge in [-0.05, 0) is 24.4 Å². The van der Waals surface area contributed by atoms with Crippen LogP contribution in [0.15, 0.2) is 39.8 Å². The van der Waals surface area contributed by atoms with Gasteiger partial charge in [0.15, 0.2) is 0 Å². The second-order valence-corrected chi connectivity index (χ2v) is 5.84. The average Bonchev–Trinajstić information content (AvgIpc) is 2.71. The van der Waals surface area contributed by atoms with Gasteiger partial charge in [-0.1, -0.05) is 18.1 Å². The zero-order valence-corrected chi connectivity index (χ0v) is 13.7. The van der Waals surface area contributed by atoms with Crippen molar-refractivity contribution in [1.29, 1.82) is 5.26 Å². The summed E-state index contributed by atoms with van der Waals surface area (Å²) >= 11 is 0. The monoisotopic (exact) mass is 345 g/mol. The van der Waals surface area contributed by atoms with E-state index in [-0.39, 0.29) is 16.4 Å². The zero-order valence-electron chi connectivity index (χ0n) is 19.7. The Balaban J connectivity index is 2.27. The quantitative estimate of drug-likeness (QED) is 0.868. The van der Waals surface area contributed by atoms with E-state index < -0.39 is 53.0 Å². The minimum Gasteiger partial charge on any atom is -0.356 e. The number of rotatable bonds is 3. The lowest BCUT2D eigenvalue weighted by molar-refractivity contribution is 0.493. The van der Waals surface area contributed by atoms with Crippen LogP contribution < -0.4 is 21.9 Å². The molecule has 1 aromatic heterocycles. The van der Waals surface area contributed by atoms with Crippen LogP contribution in [0.4, 0.5) is 5.82 Å². The molecular formula is C18H21N5O2. The Morgan fingerprint density at radius 2 is 2.20 bits per heavy atom. The maximum Gasteiger partial charge on any atom is 0.332 e. The molecule has 0 radical (unpaired) electrons. The largest absolute Gasteiger partial charge is 0.356 e. The molecule has 2 N–H and O–H groups in total. The summed E-state index contributed by atoms with van der Waals surface area (Å²) in [6, 6.07) is -0.520. The molecule has 1 aliphatic rings. The third kappa shape index (κ3) is 3.35. The van der Waals surface area contributed by atoms with Gasteiger partial charge in [0.05, 0.1) is 26.4 Å². The topological polar surface area (TPSA) is 97.1 Å². The van der Waals surface area contributed by atoms with Gasteiger partial charge in [0.2, 0.25) is 0 Å². The lowest BCUT2D eigenvalue weighted by atomic mass is 10.1. The zero-order chi connectivity index (χ0) is 23.2. The standard InChI is InChI=1S/C18H21N5O2/c1-21-16(22-8-4-7-15(20)12-22)9-17(24)23(18(21)25)11-14-6-3-2-5-13(14)10-19/h2-3,5-6,9,15H,4,7-8,11-12,20H2,1H3/t15-/m1/s1/i2D,3D,5D,6D,11D2. The summed E-state index contributed by atoms with van der Waals surface area (Å²) in [7, 11) is 1.37. The Bertz CT molecular complexity index is 1220. The molecule has 2 aromatic rings. The molecule has 1 atom stereocenters. The molecule has 7 heteroatoms. The Morgan fingerprint density at radius 1 is 1.44 bits per heavy atom. The van der Waals surface area contributed by atoms with E-state index in [0.29, 0.717) is 13.1 Å². The fourth-order valence-corrected chi connectivity index (χ4v) is 2.83. The summed E-state index contributed by atoms with van der Waals surface area (Å²) in [5.41, 5.74) is 2.51. The molecular weight excluding hydrogens is 318 g/mol. The van der Waals surface area contributed by atoms with Gasteiger partial charge in [0.1, 0.15) is 5.82 Å². The summed E-state index contributed by atoms with van der Waals surface area (Å²) in [6.45, 7) is -2.01. The number of anilines is 1. The second-order valence-electron chi connectivity index (χ2n) is 5.84. The summed E-state index contributed by atoms with van der Waals surface area (Å²) in [5.74, 6) is 0.271. The molecule has 0 unspecified atom stereocenters. The number of aromatic nitrogens is 2. The molecule has 25 heavy (non-hydrogen) atoms. The Labute approximate surface area is 154 Å². The van der Waals surface area contributed by atoms with Crippen molar-refractivity contribution in [3.8, 4) is 6.07 Å². The van der Waals surface area contributed by atoms with E-state index in [0.717, 1.165) is 23.5 Å². The van der Waals surface area contributed by atoms with Crippen molar-refractivity contribution in [2.45, 2.75) is 25.4 Å². The number of hydrogen-bond donors (Lipinski definition) is 1. The molecule has 130 valence electrons. The first-order chi connectivity index (χ1) is 14.4. The van der Waals surface area contributed by atoms with Gasteiger partial charge < -0.3 is 10.6 Å². The maximum atomic E-state index is 13.1. The van der Waals surface area contributed by atoms with Crippen molar-refractivity contribution in [3.05, 3.63) is 62.2 Å². The normalized spacial score (nSPS) is 21.3. The third-order valence-corrected chi connectivity index (χ3v) is 4.10. The number of nitrogens with two attached hydrogens (primary N) is 1. The van der Waals surface area contributed by atoms with Crippen LogP contribution in [0, 0.1) is 11.3 Å². The van der Waals surface area contributed by atoms with Crippen LogP contribution in [0.5, 0.6) is 0 Å². The van der Waals surface area contributed by atoms with E-state index in [2.05, 4.69) is 0 Å². The number of nitriles is 1. The predicted octanol–water partition coefficient (Wildman–Crippen LogP) is 0.394. The molecule has 0 aliphatic carbocycles. The van der Waals surface area contributed by atoms with Gasteiger partial charge in [-0.25, -0.2) is 4.79 Å². The lowest BCUT2D eigenvalue weighted by Crippen LogP contribution is -2.47. The van der Waals surface area contributed by atoms with Crippen LogP contribution in [0.1, 0.15) is 32.2 Å². The van der Waals surface area contributed by atoms with E-state index in [1.54, 1.807) is 11.0 Å². The smallest absolute Gasteiger partial charge is 0.332 e. The summed E-state index contributed by atoms with van der Waals surface area (Å²) in [5, 5.41) is 9.43. The van der Waals surface area contributed by atoms with Gasteiger partial charge in [-0.3, -0.25) is 13.9 Å². The molecule has 0 spiro atoms. The number of piperidine rings is 1. The first kappa shape index (κ1) is 10.9. The van der Waals surface area contributed by atoms with Gasteiger partial charge in [-0.15, -0.1) is 0 Å². The number of benzene rings is 1. The minimum absolute atomic E-state index is 0.129. The Hall–Kier alpha value is -2.85. The van der Waals surface area contributed by atoms with Gasteiger partial charge in [0, 0.05) is 32.2 Å². The highest BCUT2D eigenvalue weighted by atomic mass is 16.2. The molecule has 1 aromatic carbocycles. The fraction of sp³-hybridized carbons (Fsp3) is 0.389. The molecule has 1 saturated heterocycles. The highest BCUT2D eigenvalue weighted by molar-refractivity contribution is 5.40. The van der Waals surface area contributed by atoms with Crippen molar-refractivity contribution in [3.63, 3.8) is 0 Å². The van der Waals surface area contributed by atoms with Crippen LogP contribution in [0.25, 0.3) is 0 Å². The molecule has 3 rings (SSSR count). The average molecular weight is 345 g/mol. The van der Waals surface area contributed by atoms with Crippen LogP contribution in [-0.2, 0) is 13.5 Å². The number of nitrogens with zero attached hydrogens (tertiary/aromatic N) is 4.